The summed E-state index contributed by atoms with van der Waals surface area (Å²) in [6.45, 7) is 8.18. The number of benzene rings is 3. The average molecular weight is 1270 g/mol. The predicted molar refractivity (Wildman–Crippen MR) is 336 cm³/mol. The van der Waals surface area contributed by atoms with Crippen molar-refractivity contribution in [3.05, 3.63) is 160 Å². The third kappa shape index (κ3) is 23.6. The van der Waals surface area contributed by atoms with Crippen LogP contribution in [0.25, 0.3) is 0 Å². The molecule has 7 rings (SSSR count). The van der Waals surface area contributed by atoms with Crippen molar-refractivity contribution in [1.29, 1.82) is 0 Å². The van der Waals surface area contributed by atoms with Crippen LogP contribution in [-0.2, 0) is 52.5 Å². The molecule has 4 heterocycles. The predicted octanol–water partition coefficient (Wildman–Crippen LogP) is 5.04. The van der Waals surface area contributed by atoms with Crippen LogP contribution in [0.2, 0.25) is 0 Å². The highest BCUT2D eigenvalue weighted by molar-refractivity contribution is 7.65. The minimum Gasteiger partial charge on any atom is -0.486 e. The third-order valence-corrected chi connectivity index (χ3v) is 16.6. The van der Waals surface area contributed by atoms with Crippen molar-refractivity contribution in [2.24, 2.45) is 0 Å². The van der Waals surface area contributed by atoms with E-state index in [0.717, 1.165) is 6.42 Å². The fourth-order valence-electron chi connectivity index (χ4n) is 8.85. The van der Waals surface area contributed by atoms with Crippen molar-refractivity contribution >= 4 is 62.0 Å². The molecule has 22 nitrogen and oxygen atoms in total. The van der Waals surface area contributed by atoms with E-state index in [-0.39, 0.29) is 60.7 Å². The molecule has 1 saturated heterocycles. The molecule has 466 valence electrons. The second kappa shape index (κ2) is 32.3. The highest BCUT2D eigenvalue weighted by Gasteiger charge is 2.25. The number of pyridine rings is 3. The van der Waals surface area contributed by atoms with E-state index in [2.05, 4.69) is 70.5 Å². The average Bonchev–Trinajstić information content (AvgIpc) is 2.76. The van der Waals surface area contributed by atoms with Gasteiger partial charge in [0.15, 0.2) is 19.0 Å². The molecule has 3 unspecified atom stereocenters. The normalized spacial score (nSPS) is 15.0. The number of carboxylic acids is 2. The standard InChI is InChI=1S/C64H70N7O15P3/c1-5-7-59(73)65-27-6-8-55(72)43-84-56-21-15-46(16-22-56)9-12-49-34-52(66-60(37-49)87(2,78)79)40-69-28-30-70(41-53-35-50(38-61(67-53)88(3,80)81)13-10-47-17-23-57(24-18-47)85-44-63(74)75)32-33-71(31-29-69)42-54-36-51(39-62(68-54)89(4,82)83)14-11-48-19-25-58(26-20-48)86-45-64(76)77/h15-26,34-39H,5-8,27-33,40-45H2,1-4H3,(H,65,73)(H,74,75)(H,76,77)(H,78,79)(H,80,81)(H,82,83). The van der Waals surface area contributed by atoms with E-state index < -0.39 is 47.3 Å². The lowest BCUT2D eigenvalue weighted by atomic mass is 10.1. The molecule has 1 fully saturated rings. The quantitative estimate of drug-likeness (QED) is 0.0263. The molecule has 6 N–H and O–H groups in total. The Kier molecular flexibility index (Phi) is 24.7. The minimum atomic E-state index is -3.91. The van der Waals surface area contributed by atoms with Crippen molar-refractivity contribution in [3.8, 4) is 52.8 Å². The summed E-state index contributed by atoms with van der Waals surface area (Å²) in [5.74, 6) is 17.3. The number of carbonyl (C=O) groups excluding carboxylic acids is 2. The number of Topliss-reactive ketones (excluding diaryl/α,β-unsaturated/α-hetero) is 1. The molecule has 1 aliphatic rings. The summed E-state index contributed by atoms with van der Waals surface area (Å²) in [6.07, 6.45) is 1.96. The molecule has 0 radical (unpaired) electrons. The van der Waals surface area contributed by atoms with Crippen LogP contribution in [0.5, 0.6) is 17.2 Å². The molecule has 89 heavy (non-hydrogen) atoms. The number of aliphatic carboxylic acids is 2. The Morgan fingerprint density at radius 2 is 0.775 bits per heavy atom. The molecular formula is C64H70N7O15P3. The van der Waals surface area contributed by atoms with E-state index in [1.165, 1.54) is 38.2 Å². The van der Waals surface area contributed by atoms with Crippen LogP contribution < -0.4 is 35.8 Å². The van der Waals surface area contributed by atoms with Gasteiger partial charge in [-0.2, -0.15) is 0 Å². The zero-order valence-electron chi connectivity index (χ0n) is 49.8. The molecule has 1 amide bonds. The molecular weight excluding hydrogens is 1200 g/mol. The molecule has 1 aliphatic heterocycles. The molecule has 0 saturated carbocycles. The van der Waals surface area contributed by atoms with Gasteiger partial charge in [-0.05, 0) is 122 Å². The van der Waals surface area contributed by atoms with Crippen LogP contribution >= 0.6 is 22.1 Å². The van der Waals surface area contributed by atoms with Gasteiger partial charge in [0, 0.05) is 132 Å². The van der Waals surface area contributed by atoms with Gasteiger partial charge in [-0.15, -0.1) is 0 Å². The maximum absolute atomic E-state index is 13.3. The van der Waals surface area contributed by atoms with E-state index in [9.17, 15) is 47.6 Å². The molecule has 0 spiro atoms. The van der Waals surface area contributed by atoms with E-state index in [4.69, 9.17) is 24.4 Å². The Labute approximate surface area is 517 Å². The SMILES string of the molecule is CCCC(=O)NCCCC(=O)COc1ccc(C#Cc2cc(CN3CCN(Cc4cc(C#Cc5ccc(OCC(=O)O)cc5)cc(P(C)(=O)O)n4)CCN(Cc4cc(C#Cc5ccc(OCC(=O)O)cc5)cc(P(C)(=O)O)n4)CC3)nc(P(C)(=O)O)c2)cc1. The van der Waals surface area contributed by atoms with Crippen molar-refractivity contribution in [3.63, 3.8) is 0 Å². The summed E-state index contributed by atoms with van der Waals surface area (Å²) >= 11 is 0. The number of hydrogen-bond acceptors (Lipinski definition) is 16. The number of carboxylic acid groups (broad SMARTS) is 2. The van der Waals surface area contributed by atoms with Crippen LogP contribution in [0.3, 0.4) is 0 Å². The monoisotopic (exact) mass is 1270 g/mol. The van der Waals surface area contributed by atoms with Gasteiger partial charge in [0.2, 0.25) is 28.0 Å². The molecule has 3 aromatic carbocycles. The summed E-state index contributed by atoms with van der Waals surface area (Å²) in [4.78, 5) is 99.1. The number of nitrogens with zero attached hydrogens (tertiary/aromatic N) is 6. The second-order valence-electron chi connectivity index (χ2n) is 21.3. The van der Waals surface area contributed by atoms with Gasteiger partial charge in [0.05, 0.1) is 17.1 Å². The summed E-state index contributed by atoms with van der Waals surface area (Å²) < 4.78 is 56.0. The Morgan fingerprint density at radius 3 is 1.07 bits per heavy atom. The van der Waals surface area contributed by atoms with E-state index in [1.54, 1.807) is 91.0 Å². The number of amides is 1. The minimum absolute atomic E-state index is 0.0315. The number of rotatable bonds is 24. The van der Waals surface area contributed by atoms with Crippen LogP contribution in [0.4, 0.5) is 0 Å². The molecule has 0 aliphatic carbocycles. The van der Waals surface area contributed by atoms with Gasteiger partial charge >= 0.3 is 11.9 Å². The van der Waals surface area contributed by atoms with E-state index in [1.807, 2.05) is 6.92 Å². The summed E-state index contributed by atoms with van der Waals surface area (Å²) in [7, 11) is -11.7. The third-order valence-electron chi connectivity index (χ3n) is 13.4. The number of aromatic nitrogens is 3. The highest BCUT2D eigenvalue weighted by Crippen LogP contribution is 2.35. The topological polar surface area (TPSA) is 309 Å². The zero-order chi connectivity index (χ0) is 64.1. The lowest BCUT2D eigenvalue weighted by Gasteiger charge is -2.26. The largest absolute Gasteiger partial charge is 0.486 e. The van der Waals surface area contributed by atoms with Crippen molar-refractivity contribution in [2.45, 2.75) is 52.2 Å². The van der Waals surface area contributed by atoms with Crippen LogP contribution in [0.1, 0.15) is 83.1 Å². The summed E-state index contributed by atoms with van der Waals surface area (Å²) in [6, 6.07) is 29.6. The van der Waals surface area contributed by atoms with Crippen molar-refractivity contribution < 1.29 is 72.0 Å². The fraction of sp³-hybridized carbons (Fsp3) is 0.328. The molecule has 3 atom stereocenters. The smallest absolute Gasteiger partial charge is 0.341 e. The Balaban J connectivity index is 1.15. The first-order valence-corrected chi connectivity index (χ1v) is 34.7. The van der Waals surface area contributed by atoms with Gasteiger partial charge in [-0.25, -0.2) is 24.5 Å². The fourth-order valence-corrected chi connectivity index (χ4v) is 10.9. The maximum Gasteiger partial charge on any atom is 0.341 e. The molecule has 3 aromatic heterocycles. The molecule has 6 aromatic rings. The number of ketones is 1. The Bertz CT molecular complexity index is 3690. The number of carbonyl (C=O) groups is 4. The Morgan fingerprint density at radius 1 is 0.472 bits per heavy atom. The van der Waals surface area contributed by atoms with E-state index >= 15 is 0 Å². The first kappa shape index (κ1) is 68.2. The van der Waals surface area contributed by atoms with E-state index in [0.29, 0.717) is 126 Å². The van der Waals surface area contributed by atoms with Gasteiger partial charge in [0.1, 0.15) is 40.2 Å². The zero-order valence-corrected chi connectivity index (χ0v) is 52.4. The second-order valence-corrected chi connectivity index (χ2v) is 27.9. The number of nitrogens with one attached hydrogen (secondary N) is 1. The highest BCUT2D eigenvalue weighted by atomic mass is 31.2. The van der Waals surface area contributed by atoms with Gasteiger partial charge < -0.3 is 44.4 Å². The Hall–Kier alpha value is -8.28. The van der Waals surface area contributed by atoms with Crippen LogP contribution in [-0.4, -0.2) is 164 Å². The van der Waals surface area contributed by atoms with Crippen LogP contribution in [0.15, 0.2) is 109 Å². The van der Waals surface area contributed by atoms with Crippen molar-refractivity contribution in [2.75, 3.05) is 85.6 Å². The van der Waals surface area contributed by atoms with Crippen molar-refractivity contribution in [1.82, 2.24) is 35.0 Å². The van der Waals surface area contributed by atoms with Gasteiger partial charge in [0.25, 0.3) is 0 Å². The van der Waals surface area contributed by atoms with Gasteiger partial charge in [-0.3, -0.25) is 38.0 Å². The number of hydrogen-bond donors (Lipinski definition) is 6. The molecule has 25 heteroatoms. The first-order chi connectivity index (χ1) is 42.3. The first-order valence-electron chi connectivity index (χ1n) is 28.4. The van der Waals surface area contributed by atoms with Gasteiger partial charge in [-0.1, -0.05) is 42.4 Å². The maximum atomic E-state index is 13.3. The summed E-state index contributed by atoms with van der Waals surface area (Å²) in [5.41, 5.74) is 4.37. The summed E-state index contributed by atoms with van der Waals surface area (Å²) in [5, 5.41) is 20.8. The molecule has 0 bridgehead atoms. The lowest BCUT2D eigenvalue weighted by molar-refractivity contribution is -0.140. The van der Waals surface area contributed by atoms with Crippen LogP contribution in [0, 0.1) is 35.5 Å². The number of ether oxygens (including phenoxy) is 3. The lowest BCUT2D eigenvalue weighted by Crippen LogP contribution is -2.36.